The molecule has 0 fully saturated rings. The van der Waals surface area contributed by atoms with Crippen molar-refractivity contribution in [2.24, 2.45) is 5.73 Å². The summed E-state index contributed by atoms with van der Waals surface area (Å²) in [6, 6.07) is 17.4. The van der Waals surface area contributed by atoms with E-state index in [-0.39, 0.29) is 5.91 Å². The van der Waals surface area contributed by atoms with E-state index in [1.807, 2.05) is 42.5 Å². The molecule has 0 saturated carbocycles. The van der Waals surface area contributed by atoms with Gasteiger partial charge in [-0.15, -0.1) is 0 Å². The SMILES string of the molecule is CC(N)C(=O)Nc1ccc(Sc2ccccc2)cc1. The zero-order valence-electron chi connectivity index (χ0n) is 10.7. The highest BCUT2D eigenvalue weighted by Gasteiger charge is 2.07. The van der Waals surface area contributed by atoms with Crippen molar-refractivity contribution in [1.29, 1.82) is 0 Å². The van der Waals surface area contributed by atoms with Crippen LogP contribution in [-0.4, -0.2) is 11.9 Å². The van der Waals surface area contributed by atoms with Gasteiger partial charge in [0.25, 0.3) is 0 Å². The smallest absolute Gasteiger partial charge is 0.240 e. The minimum atomic E-state index is -0.502. The van der Waals surface area contributed by atoms with Crippen LogP contribution in [0.2, 0.25) is 0 Å². The van der Waals surface area contributed by atoms with E-state index in [4.69, 9.17) is 5.73 Å². The molecule has 1 amide bonds. The summed E-state index contributed by atoms with van der Waals surface area (Å²) < 4.78 is 0. The highest BCUT2D eigenvalue weighted by molar-refractivity contribution is 7.99. The van der Waals surface area contributed by atoms with Gasteiger partial charge in [-0.3, -0.25) is 4.79 Å². The molecule has 4 heteroatoms. The van der Waals surface area contributed by atoms with E-state index in [0.717, 1.165) is 10.6 Å². The van der Waals surface area contributed by atoms with Gasteiger partial charge in [0.05, 0.1) is 6.04 Å². The maximum Gasteiger partial charge on any atom is 0.240 e. The Bertz CT molecular complexity index is 538. The van der Waals surface area contributed by atoms with E-state index < -0.39 is 6.04 Å². The Morgan fingerprint density at radius 3 is 2.21 bits per heavy atom. The number of anilines is 1. The molecule has 0 aromatic heterocycles. The maximum atomic E-state index is 11.4. The fourth-order valence-electron chi connectivity index (χ4n) is 1.49. The number of hydrogen-bond donors (Lipinski definition) is 2. The summed E-state index contributed by atoms with van der Waals surface area (Å²) in [7, 11) is 0. The molecule has 19 heavy (non-hydrogen) atoms. The van der Waals surface area contributed by atoms with Gasteiger partial charge in [-0.1, -0.05) is 30.0 Å². The van der Waals surface area contributed by atoms with Crippen molar-refractivity contribution in [3.63, 3.8) is 0 Å². The minimum Gasteiger partial charge on any atom is -0.325 e. The fraction of sp³-hybridized carbons (Fsp3) is 0.133. The van der Waals surface area contributed by atoms with Crippen LogP contribution < -0.4 is 11.1 Å². The Labute approximate surface area is 117 Å². The second-order valence-electron chi connectivity index (χ2n) is 4.22. The number of hydrogen-bond acceptors (Lipinski definition) is 3. The largest absolute Gasteiger partial charge is 0.325 e. The summed E-state index contributed by atoms with van der Waals surface area (Å²) in [6.45, 7) is 1.66. The summed E-state index contributed by atoms with van der Waals surface area (Å²) in [5.74, 6) is -0.177. The van der Waals surface area contributed by atoms with Crippen LogP contribution in [0.5, 0.6) is 0 Å². The van der Waals surface area contributed by atoms with E-state index in [1.54, 1.807) is 18.7 Å². The van der Waals surface area contributed by atoms with E-state index in [0.29, 0.717) is 0 Å². The summed E-state index contributed by atoms with van der Waals surface area (Å²) in [5, 5.41) is 2.76. The fourth-order valence-corrected chi connectivity index (χ4v) is 2.32. The van der Waals surface area contributed by atoms with Gasteiger partial charge in [-0.25, -0.2) is 0 Å². The van der Waals surface area contributed by atoms with Gasteiger partial charge in [-0.05, 0) is 43.3 Å². The van der Waals surface area contributed by atoms with Crippen molar-refractivity contribution >= 4 is 23.4 Å². The molecule has 0 saturated heterocycles. The van der Waals surface area contributed by atoms with Crippen molar-refractivity contribution in [3.05, 3.63) is 54.6 Å². The summed E-state index contributed by atoms with van der Waals surface area (Å²) in [5.41, 5.74) is 6.26. The van der Waals surface area contributed by atoms with Gasteiger partial charge in [0.2, 0.25) is 5.91 Å². The Balaban J connectivity index is 2.01. The van der Waals surface area contributed by atoms with Crippen LogP contribution in [0.3, 0.4) is 0 Å². The van der Waals surface area contributed by atoms with Gasteiger partial charge < -0.3 is 11.1 Å². The third-order valence-electron chi connectivity index (χ3n) is 2.51. The van der Waals surface area contributed by atoms with Crippen LogP contribution in [0.25, 0.3) is 0 Å². The number of amides is 1. The molecule has 1 atom stereocenters. The lowest BCUT2D eigenvalue weighted by atomic mass is 10.3. The zero-order chi connectivity index (χ0) is 13.7. The van der Waals surface area contributed by atoms with E-state index >= 15 is 0 Å². The standard InChI is InChI=1S/C15H16N2OS/c1-11(16)15(18)17-12-7-9-14(10-8-12)19-13-5-3-2-4-6-13/h2-11H,16H2,1H3,(H,17,18). The Morgan fingerprint density at radius 2 is 1.63 bits per heavy atom. The highest BCUT2D eigenvalue weighted by atomic mass is 32.2. The minimum absolute atomic E-state index is 0.177. The molecule has 0 aliphatic rings. The van der Waals surface area contributed by atoms with Crippen molar-refractivity contribution in [2.45, 2.75) is 22.8 Å². The molecule has 1 unspecified atom stereocenters. The lowest BCUT2D eigenvalue weighted by Gasteiger charge is -2.08. The van der Waals surface area contributed by atoms with Crippen LogP contribution >= 0.6 is 11.8 Å². The van der Waals surface area contributed by atoms with Crippen molar-refractivity contribution in [3.8, 4) is 0 Å². The van der Waals surface area contributed by atoms with Gasteiger partial charge in [0.15, 0.2) is 0 Å². The third-order valence-corrected chi connectivity index (χ3v) is 3.53. The van der Waals surface area contributed by atoms with Crippen LogP contribution in [-0.2, 0) is 4.79 Å². The van der Waals surface area contributed by atoms with Gasteiger partial charge in [0, 0.05) is 15.5 Å². The predicted molar refractivity (Wildman–Crippen MR) is 79.3 cm³/mol. The number of nitrogens with two attached hydrogens (primary N) is 1. The number of carbonyl (C=O) groups is 1. The normalized spacial score (nSPS) is 11.9. The Morgan fingerprint density at radius 1 is 1.05 bits per heavy atom. The van der Waals surface area contributed by atoms with E-state index in [1.165, 1.54) is 4.90 Å². The van der Waals surface area contributed by atoms with E-state index in [9.17, 15) is 4.79 Å². The monoisotopic (exact) mass is 272 g/mol. The first-order valence-electron chi connectivity index (χ1n) is 6.04. The quantitative estimate of drug-likeness (QED) is 0.899. The van der Waals surface area contributed by atoms with Crippen molar-refractivity contribution in [1.82, 2.24) is 0 Å². The average molecular weight is 272 g/mol. The lowest BCUT2D eigenvalue weighted by Crippen LogP contribution is -2.32. The third kappa shape index (κ3) is 4.12. The Hall–Kier alpha value is -1.78. The van der Waals surface area contributed by atoms with Crippen LogP contribution in [0, 0.1) is 0 Å². The molecule has 0 spiro atoms. The zero-order valence-corrected chi connectivity index (χ0v) is 11.5. The molecule has 98 valence electrons. The Kier molecular flexibility index (Phi) is 4.60. The first-order chi connectivity index (χ1) is 9.15. The molecule has 0 heterocycles. The van der Waals surface area contributed by atoms with Gasteiger partial charge in [-0.2, -0.15) is 0 Å². The van der Waals surface area contributed by atoms with Gasteiger partial charge in [0.1, 0.15) is 0 Å². The van der Waals surface area contributed by atoms with Crippen LogP contribution in [0.15, 0.2) is 64.4 Å². The molecule has 2 rings (SSSR count). The predicted octanol–water partition coefficient (Wildman–Crippen LogP) is 3.12. The number of nitrogens with one attached hydrogen (secondary N) is 1. The molecule has 0 aliphatic heterocycles. The van der Waals surface area contributed by atoms with Crippen molar-refractivity contribution in [2.75, 3.05) is 5.32 Å². The molecule has 2 aromatic carbocycles. The summed E-state index contributed by atoms with van der Waals surface area (Å²) in [6.07, 6.45) is 0. The number of rotatable bonds is 4. The first-order valence-corrected chi connectivity index (χ1v) is 6.86. The molecule has 2 aromatic rings. The number of carbonyl (C=O) groups excluding carboxylic acids is 1. The molecule has 3 nitrogen and oxygen atoms in total. The summed E-state index contributed by atoms with van der Waals surface area (Å²) in [4.78, 5) is 13.8. The maximum absolute atomic E-state index is 11.4. The molecule has 0 bridgehead atoms. The topological polar surface area (TPSA) is 55.1 Å². The van der Waals surface area contributed by atoms with E-state index in [2.05, 4.69) is 17.4 Å². The van der Waals surface area contributed by atoms with Gasteiger partial charge >= 0.3 is 0 Å². The molecule has 3 N–H and O–H groups in total. The number of benzene rings is 2. The first kappa shape index (κ1) is 13.6. The second-order valence-corrected chi connectivity index (χ2v) is 5.36. The second kappa shape index (κ2) is 6.41. The molecular weight excluding hydrogens is 256 g/mol. The average Bonchev–Trinajstić information content (AvgIpc) is 2.42. The molecular formula is C15H16N2OS. The summed E-state index contributed by atoms with van der Waals surface area (Å²) >= 11 is 1.68. The molecule has 0 radical (unpaired) electrons. The molecule has 0 aliphatic carbocycles. The van der Waals surface area contributed by atoms with Crippen LogP contribution in [0.1, 0.15) is 6.92 Å². The van der Waals surface area contributed by atoms with Crippen LogP contribution in [0.4, 0.5) is 5.69 Å². The lowest BCUT2D eigenvalue weighted by molar-refractivity contribution is -0.117. The highest BCUT2D eigenvalue weighted by Crippen LogP contribution is 2.28. The van der Waals surface area contributed by atoms with Crippen molar-refractivity contribution < 1.29 is 4.79 Å².